The first-order chi connectivity index (χ1) is 12.6. The van der Waals surface area contributed by atoms with E-state index in [-0.39, 0.29) is 37.4 Å². The molecule has 1 N–H and O–H groups in total. The quantitative estimate of drug-likeness (QED) is 0.664. The average Bonchev–Trinajstić information content (AvgIpc) is 2.91. The van der Waals surface area contributed by atoms with Crippen LogP contribution in [0.25, 0.3) is 0 Å². The lowest BCUT2D eigenvalue weighted by molar-refractivity contribution is -0.157. The van der Waals surface area contributed by atoms with Crippen LogP contribution in [0.1, 0.15) is 18.4 Å². The third kappa shape index (κ3) is 7.20. The number of carbonyl (C=O) groups is 2. The highest BCUT2D eigenvalue weighted by Crippen LogP contribution is 2.23. The molecule has 0 aliphatic carbocycles. The van der Waals surface area contributed by atoms with Crippen LogP contribution in [0.3, 0.4) is 0 Å². The van der Waals surface area contributed by atoms with Crippen LogP contribution < -0.4 is 5.32 Å². The number of amides is 2. The Morgan fingerprint density at radius 3 is 2.52 bits per heavy atom. The van der Waals surface area contributed by atoms with Crippen molar-refractivity contribution in [2.75, 3.05) is 25.4 Å². The molecule has 0 saturated carbocycles. The third-order valence-corrected chi connectivity index (χ3v) is 5.80. The maximum atomic E-state index is 12.4. The van der Waals surface area contributed by atoms with Gasteiger partial charge < -0.3 is 10.2 Å². The van der Waals surface area contributed by atoms with Crippen molar-refractivity contribution < 1.29 is 31.2 Å². The minimum atomic E-state index is -4.51. The van der Waals surface area contributed by atoms with E-state index in [9.17, 15) is 31.2 Å². The molecule has 1 aliphatic rings. The van der Waals surface area contributed by atoms with Crippen molar-refractivity contribution in [3.05, 3.63) is 35.9 Å². The Balaban J connectivity index is 1.72. The van der Waals surface area contributed by atoms with E-state index < -0.39 is 40.3 Å². The zero-order chi connectivity index (χ0) is 20.1. The molecule has 1 aromatic rings. The molecular formula is C17H21F3N2O4S. The van der Waals surface area contributed by atoms with Gasteiger partial charge in [0.2, 0.25) is 11.8 Å². The van der Waals surface area contributed by atoms with Gasteiger partial charge in [-0.25, -0.2) is 8.42 Å². The van der Waals surface area contributed by atoms with Gasteiger partial charge >= 0.3 is 6.18 Å². The molecule has 1 heterocycles. The van der Waals surface area contributed by atoms with E-state index in [0.29, 0.717) is 10.5 Å². The smallest absolute Gasteiger partial charge is 0.356 e. The summed E-state index contributed by atoms with van der Waals surface area (Å²) < 4.78 is 61.2. The number of hydrogen-bond donors (Lipinski definition) is 1. The standard InChI is InChI=1S/C17H21F3N2O4S/c18-17(19,20)12-22-10-14(9-15(22)23)16(24)21-7-4-8-27(25,26)11-13-5-2-1-3-6-13/h1-3,5-6,14H,4,7-12H2,(H,21,24). The molecule has 1 fully saturated rings. The fraction of sp³-hybridized carbons (Fsp3) is 0.529. The van der Waals surface area contributed by atoms with Gasteiger partial charge in [0.05, 0.1) is 17.4 Å². The number of sulfone groups is 1. The monoisotopic (exact) mass is 406 g/mol. The summed E-state index contributed by atoms with van der Waals surface area (Å²) in [4.78, 5) is 24.2. The zero-order valence-electron chi connectivity index (χ0n) is 14.5. The zero-order valence-corrected chi connectivity index (χ0v) is 15.4. The molecule has 2 amide bonds. The Hall–Kier alpha value is -2.10. The summed E-state index contributed by atoms with van der Waals surface area (Å²) in [5.41, 5.74) is 0.677. The van der Waals surface area contributed by atoms with Crippen LogP contribution in [-0.2, 0) is 25.2 Å². The lowest BCUT2D eigenvalue weighted by atomic mass is 10.1. The average molecular weight is 406 g/mol. The third-order valence-electron chi connectivity index (χ3n) is 4.12. The number of carbonyl (C=O) groups excluding carboxylic acids is 2. The van der Waals surface area contributed by atoms with Crippen LogP contribution >= 0.6 is 0 Å². The van der Waals surface area contributed by atoms with Crippen molar-refractivity contribution in [2.24, 2.45) is 5.92 Å². The number of nitrogens with one attached hydrogen (secondary N) is 1. The normalized spacial score (nSPS) is 18.0. The summed E-state index contributed by atoms with van der Waals surface area (Å²) in [6.07, 6.45) is -4.59. The number of rotatable bonds is 8. The van der Waals surface area contributed by atoms with Gasteiger partial charge in [0.1, 0.15) is 6.54 Å². The minimum Gasteiger partial charge on any atom is -0.356 e. The van der Waals surface area contributed by atoms with Gasteiger partial charge in [-0.3, -0.25) is 9.59 Å². The lowest BCUT2D eigenvalue weighted by Gasteiger charge is -2.18. The van der Waals surface area contributed by atoms with Gasteiger partial charge in [-0.05, 0) is 12.0 Å². The molecule has 2 rings (SSSR count). The Labute approximate surface area is 155 Å². The Morgan fingerprint density at radius 2 is 1.89 bits per heavy atom. The maximum absolute atomic E-state index is 12.4. The first-order valence-corrected chi connectivity index (χ1v) is 10.2. The second-order valence-corrected chi connectivity index (χ2v) is 8.70. The van der Waals surface area contributed by atoms with Crippen LogP contribution in [0.5, 0.6) is 0 Å². The number of nitrogens with zero attached hydrogens (tertiary/aromatic N) is 1. The fourth-order valence-corrected chi connectivity index (χ4v) is 4.29. The molecule has 150 valence electrons. The summed E-state index contributed by atoms with van der Waals surface area (Å²) >= 11 is 0. The molecule has 1 atom stereocenters. The van der Waals surface area contributed by atoms with Crippen molar-refractivity contribution in [3.63, 3.8) is 0 Å². The maximum Gasteiger partial charge on any atom is 0.406 e. The minimum absolute atomic E-state index is 0.0802. The van der Waals surface area contributed by atoms with Gasteiger partial charge in [-0.15, -0.1) is 0 Å². The second-order valence-electron chi connectivity index (χ2n) is 6.51. The summed E-state index contributed by atoms with van der Waals surface area (Å²) in [5, 5.41) is 2.50. The predicted octanol–water partition coefficient (Wildman–Crippen LogP) is 1.52. The number of benzene rings is 1. The van der Waals surface area contributed by atoms with E-state index in [1.54, 1.807) is 30.3 Å². The van der Waals surface area contributed by atoms with E-state index in [2.05, 4.69) is 5.32 Å². The molecule has 1 aliphatic heterocycles. The molecule has 1 unspecified atom stereocenters. The SMILES string of the molecule is O=C(NCCCS(=O)(=O)Cc1ccccc1)C1CC(=O)N(CC(F)(F)F)C1. The summed E-state index contributed by atoms with van der Waals surface area (Å²) in [5.74, 6) is -2.30. The van der Waals surface area contributed by atoms with E-state index in [1.807, 2.05) is 0 Å². The van der Waals surface area contributed by atoms with Crippen molar-refractivity contribution in [2.45, 2.75) is 24.8 Å². The number of hydrogen-bond acceptors (Lipinski definition) is 4. The van der Waals surface area contributed by atoms with E-state index in [1.165, 1.54) is 0 Å². The van der Waals surface area contributed by atoms with Crippen LogP contribution in [0.4, 0.5) is 13.2 Å². The van der Waals surface area contributed by atoms with Gasteiger partial charge in [0.25, 0.3) is 0 Å². The Morgan fingerprint density at radius 1 is 1.22 bits per heavy atom. The topological polar surface area (TPSA) is 83.5 Å². The Bertz CT molecular complexity index is 766. The van der Waals surface area contributed by atoms with Gasteiger partial charge in [0, 0.05) is 19.5 Å². The number of likely N-dealkylation sites (tertiary alicyclic amines) is 1. The Kier molecular flexibility index (Phi) is 6.85. The predicted molar refractivity (Wildman–Crippen MR) is 92.3 cm³/mol. The summed E-state index contributed by atoms with van der Waals surface area (Å²) in [7, 11) is -3.33. The molecule has 6 nitrogen and oxygen atoms in total. The molecule has 0 spiro atoms. The molecule has 0 radical (unpaired) electrons. The lowest BCUT2D eigenvalue weighted by Crippen LogP contribution is -2.37. The van der Waals surface area contributed by atoms with Crippen molar-refractivity contribution in [3.8, 4) is 0 Å². The van der Waals surface area contributed by atoms with Gasteiger partial charge in [-0.1, -0.05) is 30.3 Å². The molecule has 27 heavy (non-hydrogen) atoms. The van der Waals surface area contributed by atoms with E-state index in [4.69, 9.17) is 0 Å². The molecular weight excluding hydrogens is 385 g/mol. The summed E-state index contributed by atoms with van der Waals surface area (Å²) in [6, 6.07) is 8.70. The number of alkyl halides is 3. The largest absolute Gasteiger partial charge is 0.406 e. The molecule has 10 heteroatoms. The number of halogens is 3. The van der Waals surface area contributed by atoms with E-state index >= 15 is 0 Å². The van der Waals surface area contributed by atoms with Crippen molar-refractivity contribution in [1.82, 2.24) is 10.2 Å². The first kappa shape index (κ1) is 21.2. The highest BCUT2D eigenvalue weighted by Gasteiger charge is 2.40. The van der Waals surface area contributed by atoms with Crippen LogP contribution in [0.2, 0.25) is 0 Å². The summed E-state index contributed by atoms with van der Waals surface area (Å²) in [6.45, 7) is -1.57. The first-order valence-electron chi connectivity index (χ1n) is 8.42. The van der Waals surface area contributed by atoms with Crippen LogP contribution in [0, 0.1) is 5.92 Å². The van der Waals surface area contributed by atoms with Gasteiger partial charge in [0.15, 0.2) is 9.84 Å². The van der Waals surface area contributed by atoms with E-state index in [0.717, 1.165) is 0 Å². The molecule has 1 saturated heterocycles. The highest BCUT2D eigenvalue weighted by molar-refractivity contribution is 7.90. The van der Waals surface area contributed by atoms with Crippen molar-refractivity contribution >= 4 is 21.7 Å². The van der Waals surface area contributed by atoms with Crippen LogP contribution in [0.15, 0.2) is 30.3 Å². The second kappa shape index (κ2) is 8.73. The van der Waals surface area contributed by atoms with Gasteiger partial charge in [-0.2, -0.15) is 13.2 Å². The molecule has 0 aromatic heterocycles. The fourth-order valence-electron chi connectivity index (χ4n) is 2.87. The molecule has 0 bridgehead atoms. The highest BCUT2D eigenvalue weighted by atomic mass is 32.2. The molecule has 1 aromatic carbocycles. The van der Waals surface area contributed by atoms with Crippen LogP contribution in [-0.4, -0.2) is 56.7 Å². The van der Waals surface area contributed by atoms with Crippen molar-refractivity contribution in [1.29, 1.82) is 0 Å².